The second-order valence-corrected chi connectivity index (χ2v) is 7.20. The van der Waals surface area contributed by atoms with Crippen molar-refractivity contribution in [3.63, 3.8) is 0 Å². The van der Waals surface area contributed by atoms with Crippen molar-refractivity contribution >= 4 is 44.8 Å². The molecule has 0 atom stereocenters. The van der Waals surface area contributed by atoms with Crippen molar-refractivity contribution in [1.29, 1.82) is 0 Å². The standard InChI is InChI=1S/C21H17BrClFN2O2/c22-17-11-14(12-25-16-8-6-15(24)7-9-16)5-10-20(17)28-13-21(27)26-19-4-2-1-3-18(19)23/h1-11,25H,12-13H2,(H,26,27). The molecule has 3 aromatic rings. The van der Waals surface area contributed by atoms with Crippen LogP contribution in [0.5, 0.6) is 5.75 Å². The Morgan fingerprint density at radius 1 is 1.07 bits per heavy atom. The molecule has 3 aromatic carbocycles. The first kappa shape index (κ1) is 20.2. The number of carbonyl (C=O) groups excluding carboxylic acids is 1. The molecule has 0 heterocycles. The van der Waals surface area contributed by atoms with Gasteiger partial charge in [0.2, 0.25) is 0 Å². The van der Waals surface area contributed by atoms with Crippen LogP contribution in [0.25, 0.3) is 0 Å². The molecule has 28 heavy (non-hydrogen) atoms. The summed E-state index contributed by atoms with van der Waals surface area (Å²) in [5, 5.41) is 6.39. The smallest absolute Gasteiger partial charge is 0.262 e. The maximum atomic E-state index is 12.9. The lowest BCUT2D eigenvalue weighted by atomic mass is 10.2. The molecule has 0 bridgehead atoms. The molecule has 0 saturated heterocycles. The number of hydrogen-bond acceptors (Lipinski definition) is 3. The van der Waals surface area contributed by atoms with E-state index in [1.807, 2.05) is 12.1 Å². The number of para-hydroxylation sites is 1. The third-order valence-electron chi connectivity index (χ3n) is 3.84. The van der Waals surface area contributed by atoms with E-state index in [2.05, 4.69) is 26.6 Å². The summed E-state index contributed by atoms with van der Waals surface area (Å²) in [4.78, 5) is 12.1. The summed E-state index contributed by atoms with van der Waals surface area (Å²) in [6, 6.07) is 18.8. The maximum Gasteiger partial charge on any atom is 0.262 e. The molecule has 4 nitrogen and oxygen atoms in total. The van der Waals surface area contributed by atoms with Crippen LogP contribution in [0.2, 0.25) is 5.02 Å². The molecule has 0 fully saturated rings. The number of benzene rings is 3. The fraction of sp³-hybridized carbons (Fsp3) is 0.0952. The maximum absolute atomic E-state index is 12.9. The Kier molecular flexibility index (Phi) is 6.90. The summed E-state index contributed by atoms with van der Waals surface area (Å²) >= 11 is 9.48. The van der Waals surface area contributed by atoms with Crippen molar-refractivity contribution in [2.75, 3.05) is 17.2 Å². The van der Waals surface area contributed by atoms with E-state index in [9.17, 15) is 9.18 Å². The van der Waals surface area contributed by atoms with Crippen LogP contribution in [-0.4, -0.2) is 12.5 Å². The SMILES string of the molecule is O=C(COc1ccc(CNc2ccc(F)cc2)cc1Br)Nc1ccccc1Cl. The molecular weight excluding hydrogens is 447 g/mol. The molecule has 7 heteroatoms. The number of rotatable bonds is 7. The Hall–Kier alpha value is -2.57. The third-order valence-corrected chi connectivity index (χ3v) is 4.79. The Morgan fingerprint density at radius 2 is 1.82 bits per heavy atom. The molecule has 0 saturated carbocycles. The Balaban J connectivity index is 1.53. The van der Waals surface area contributed by atoms with Crippen molar-refractivity contribution in [2.45, 2.75) is 6.54 Å². The highest BCUT2D eigenvalue weighted by Crippen LogP contribution is 2.27. The van der Waals surface area contributed by atoms with E-state index in [-0.39, 0.29) is 18.3 Å². The molecule has 3 rings (SSSR count). The zero-order valence-corrected chi connectivity index (χ0v) is 17.1. The first-order valence-electron chi connectivity index (χ1n) is 8.46. The first-order valence-corrected chi connectivity index (χ1v) is 9.63. The minimum absolute atomic E-state index is 0.142. The molecule has 0 radical (unpaired) electrons. The van der Waals surface area contributed by atoms with Gasteiger partial charge in [-0.25, -0.2) is 4.39 Å². The van der Waals surface area contributed by atoms with E-state index in [0.29, 0.717) is 23.0 Å². The number of nitrogens with one attached hydrogen (secondary N) is 2. The lowest BCUT2D eigenvalue weighted by Gasteiger charge is -2.12. The second-order valence-electron chi connectivity index (χ2n) is 5.94. The molecule has 0 aliphatic heterocycles. The summed E-state index contributed by atoms with van der Waals surface area (Å²) in [6.07, 6.45) is 0. The Labute approximate surface area is 175 Å². The zero-order valence-electron chi connectivity index (χ0n) is 14.7. The van der Waals surface area contributed by atoms with E-state index in [0.717, 1.165) is 15.7 Å². The number of carbonyl (C=O) groups is 1. The number of hydrogen-bond donors (Lipinski definition) is 2. The summed E-state index contributed by atoms with van der Waals surface area (Å²) in [5.41, 5.74) is 2.37. The summed E-state index contributed by atoms with van der Waals surface area (Å²) in [7, 11) is 0. The average Bonchev–Trinajstić information content (AvgIpc) is 2.68. The van der Waals surface area contributed by atoms with E-state index in [1.165, 1.54) is 12.1 Å². The van der Waals surface area contributed by atoms with Gasteiger partial charge in [-0.15, -0.1) is 0 Å². The van der Waals surface area contributed by atoms with Crippen LogP contribution in [0.4, 0.5) is 15.8 Å². The second kappa shape index (κ2) is 9.57. The molecule has 0 aromatic heterocycles. The van der Waals surface area contributed by atoms with Gasteiger partial charge in [0.15, 0.2) is 6.61 Å². The highest BCUT2D eigenvalue weighted by atomic mass is 79.9. The van der Waals surface area contributed by atoms with Gasteiger partial charge >= 0.3 is 0 Å². The minimum Gasteiger partial charge on any atom is -0.483 e. The van der Waals surface area contributed by atoms with Crippen molar-refractivity contribution in [3.05, 3.63) is 87.6 Å². The predicted molar refractivity (Wildman–Crippen MR) is 113 cm³/mol. The van der Waals surface area contributed by atoms with Crippen LogP contribution >= 0.6 is 27.5 Å². The number of anilines is 2. The summed E-state index contributed by atoms with van der Waals surface area (Å²) < 4.78 is 19.2. The van der Waals surface area contributed by atoms with Crippen LogP contribution in [0, 0.1) is 5.82 Å². The fourth-order valence-electron chi connectivity index (χ4n) is 2.44. The first-order chi connectivity index (χ1) is 13.5. The quantitative estimate of drug-likeness (QED) is 0.461. The van der Waals surface area contributed by atoms with Crippen molar-refractivity contribution < 1.29 is 13.9 Å². The number of halogens is 3. The summed E-state index contributed by atoms with van der Waals surface area (Å²) in [5.74, 6) is -0.0183. The average molecular weight is 464 g/mol. The van der Waals surface area contributed by atoms with Gasteiger partial charge in [-0.3, -0.25) is 4.79 Å². The molecule has 0 aliphatic rings. The molecule has 144 valence electrons. The van der Waals surface area contributed by atoms with Gasteiger partial charge in [0, 0.05) is 12.2 Å². The van der Waals surface area contributed by atoms with E-state index in [4.69, 9.17) is 16.3 Å². The van der Waals surface area contributed by atoms with Crippen LogP contribution in [0.3, 0.4) is 0 Å². The predicted octanol–water partition coefficient (Wildman–Crippen LogP) is 5.87. The molecule has 0 spiro atoms. The van der Waals surface area contributed by atoms with Gasteiger partial charge < -0.3 is 15.4 Å². The van der Waals surface area contributed by atoms with Crippen LogP contribution < -0.4 is 15.4 Å². The minimum atomic E-state index is -0.304. The van der Waals surface area contributed by atoms with Crippen molar-refractivity contribution in [3.8, 4) is 5.75 Å². The van der Waals surface area contributed by atoms with Crippen LogP contribution in [0.15, 0.2) is 71.2 Å². The Bertz CT molecular complexity index is 967. The molecule has 0 unspecified atom stereocenters. The van der Waals surface area contributed by atoms with Gasteiger partial charge in [0.25, 0.3) is 5.91 Å². The van der Waals surface area contributed by atoms with Gasteiger partial charge in [-0.2, -0.15) is 0 Å². The van der Waals surface area contributed by atoms with E-state index in [1.54, 1.807) is 42.5 Å². The lowest BCUT2D eigenvalue weighted by molar-refractivity contribution is -0.118. The van der Waals surface area contributed by atoms with E-state index < -0.39 is 0 Å². The number of ether oxygens (including phenoxy) is 1. The number of amides is 1. The largest absolute Gasteiger partial charge is 0.483 e. The monoisotopic (exact) mass is 462 g/mol. The summed E-state index contributed by atoms with van der Waals surface area (Å²) in [6.45, 7) is 0.425. The van der Waals surface area contributed by atoms with Gasteiger partial charge in [0.05, 0.1) is 15.2 Å². The topological polar surface area (TPSA) is 50.4 Å². The van der Waals surface area contributed by atoms with Crippen LogP contribution in [-0.2, 0) is 11.3 Å². The molecule has 0 aliphatic carbocycles. The fourth-order valence-corrected chi connectivity index (χ4v) is 3.16. The molecule has 1 amide bonds. The molecule has 2 N–H and O–H groups in total. The highest BCUT2D eigenvalue weighted by Gasteiger charge is 2.09. The molecular formula is C21H17BrClFN2O2. The lowest BCUT2D eigenvalue weighted by Crippen LogP contribution is -2.20. The highest BCUT2D eigenvalue weighted by molar-refractivity contribution is 9.10. The van der Waals surface area contributed by atoms with Gasteiger partial charge in [0.1, 0.15) is 11.6 Å². The van der Waals surface area contributed by atoms with Gasteiger partial charge in [-0.1, -0.05) is 29.8 Å². The Morgan fingerprint density at radius 3 is 2.54 bits per heavy atom. The van der Waals surface area contributed by atoms with Crippen molar-refractivity contribution in [1.82, 2.24) is 0 Å². The van der Waals surface area contributed by atoms with E-state index >= 15 is 0 Å². The van der Waals surface area contributed by atoms with Crippen molar-refractivity contribution in [2.24, 2.45) is 0 Å². The van der Waals surface area contributed by atoms with Gasteiger partial charge in [-0.05, 0) is 70.0 Å². The zero-order chi connectivity index (χ0) is 19.9. The third kappa shape index (κ3) is 5.71. The van der Waals surface area contributed by atoms with Crippen LogP contribution in [0.1, 0.15) is 5.56 Å². The normalized spacial score (nSPS) is 10.4.